The van der Waals surface area contributed by atoms with E-state index >= 15 is 0 Å². The van der Waals surface area contributed by atoms with Gasteiger partial charge in [-0.1, -0.05) is 6.92 Å². The van der Waals surface area contributed by atoms with Gasteiger partial charge in [-0.25, -0.2) is 4.79 Å². The van der Waals surface area contributed by atoms with Crippen molar-refractivity contribution in [3.63, 3.8) is 0 Å². The molecule has 6 rings (SSSR count). The number of aldehydes is 1. The summed E-state index contributed by atoms with van der Waals surface area (Å²) in [6, 6.07) is 0. The van der Waals surface area contributed by atoms with Crippen molar-refractivity contribution in [2.75, 3.05) is 6.61 Å². The quantitative estimate of drug-likeness (QED) is 0.190. The van der Waals surface area contributed by atoms with Crippen LogP contribution in [0.5, 0.6) is 0 Å². The molecule has 0 aromatic rings. The molecule has 0 aromatic heterocycles. The molecule has 5 fully saturated rings. The van der Waals surface area contributed by atoms with Crippen LogP contribution >= 0.6 is 0 Å². The Morgan fingerprint density at radius 1 is 1.03 bits per heavy atom. The zero-order chi connectivity index (χ0) is 27.9. The molecular weight excluding hydrogens is 508 g/mol. The minimum atomic E-state index is -1.37. The van der Waals surface area contributed by atoms with Crippen LogP contribution in [0.15, 0.2) is 11.6 Å². The highest BCUT2D eigenvalue weighted by molar-refractivity contribution is 5.85. The van der Waals surface area contributed by atoms with Crippen molar-refractivity contribution < 1.29 is 49.3 Å². The van der Waals surface area contributed by atoms with Gasteiger partial charge in [0.2, 0.25) is 0 Å². The lowest BCUT2D eigenvalue weighted by Crippen LogP contribution is -2.63. The topological polar surface area (TPSA) is 163 Å². The van der Waals surface area contributed by atoms with Crippen LogP contribution in [-0.2, 0) is 23.8 Å². The average molecular weight is 551 g/mol. The Morgan fingerprint density at radius 2 is 1.79 bits per heavy atom. The third-order valence-electron chi connectivity index (χ3n) is 11.8. The number of carbonyl (C=O) groups is 2. The van der Waals surface area contributed by atoms with Gasteiger partial charge < -0.3 is 44.5 Å². The van der Waals surface area contributed by atoms with Crippen LogP contribution in [0.2, 0.25) is 0 Å². The number of fused-ring (bicyclic) bond motifs is 5. The fraction of sp³-hybridized carbons (Fsp3) is 0.862. The van der Waals surface area contributed by atoms with E-state index in [4.69, 9.17) is 14.2 Å². The lowest BCUT2D eigenvalue weighted by atomic mass is 9.43. The van der Waals surface area contributed by atoms with Crippen molar-refractivity contribution in [3.05, 3.63) is 11.6 Å². The Bertz CT molecular complexity index is 1030. The van der Waals surface area contributed by atoms with E-state index in [2.05, 4.69) is 0 Å². The largest absolute Gasteiger partial charge is 0.458 e. The number of aliphatic hydroxyl groups excluding tert-OH is 4. The monoisotopic (exact) mass is 550 g/mol. The maximum Gasteiger partial charge on any atom is 0.331 e. The van der Waals surface area contributed by atoms with Gasteiger partial charge in [0.15, 0.2) is 6.29 Å². The summed E-state index contributed by atoms with van der Waals surface area (Å²) in [7, 11) is 0. The summed E-state index contributed by atoms with van der Waals surface area (Å²) < 4.78 is 16.9. The van der Waals surface area contributed by atoms with Gasteiger partial charge in [0.05, 0.1) is 23.9 Å². The molecule has 5 N–H and O–H groups in total. The second-order valence-corrected chi connectivity index (χ2v) is 13.4. The Labute approximate surface area is 228 Å². The van der Waals surface area contributed by atoms with Crippen molar-refractivity contribution in [2.45, 2.75) is 114 Å². The van der Waals surface area contributed by atoms with Gasteiger partial charge in [0.1, 0.15) is 31.2 Å². The maximum absolute atomic E-state index is 12.9. The van der Waals surface area contributed by atoms with Crippen molar-refractivity contribution in [1.82, 2.24) is 0 Å². The van der Waals surface area contributed by atoms with E-state index in [9.17, 15) is 35.1 Å². The first kappa shape index (κ1) is 27.8. The first-order chi connectivity index (χ1) is 18.4. The predicted molar refractivity (Wildman–Crippen MR) is 135 cm³/mol. The van der Waals surface area contributed by atoms with E-state index in [1.54, 1.807) is 6.92 Å². The maximum atomic E-state index is 12.9. The van der Waals surface area contributed by atoms with E-state index < -0.39 is 59.2 Å². The van der Waals surface area contributed by atoms with Crippen molar-refractivity contribution in [3.8, 4) is 0 Å². The zero-order valence-corrected chi connectivity index (χ0v) is 22.6. The van der Waals surface area contributed by atoms with Crippen LogP contribution in [0.4, 0.5) is 0 Å². The van der Waals surface area contributed by atoms with E-state index in [1.165, 1.54) is 6.08 Å². The molecule has 0 spiro atoms. The number of rotatable bonds is 4. The molecule has 1 unspecified atom stereocenters. The second-order valence-electron chi connectivity index (χ2n) is 13.4. The molecule has 0 amide bonds. The molecular formula is C29H42O10. The molecule has 10 nitrogen and oxygen atoms in total. The number of aliphatic hydroxyl groups is 5. The Balaban J connectivity index is 1.21. The molecule has 39 heavy (non-hydrogen) atoms. The normalized spacial score (nSPS) is 55.2. The summed E-state index contributed by atoms with van der Waals surface area (Å²) in [6.07, 6.45) is 0.686. The first-order valence-corrected chi connectivity index (χ1v) is 14.5. The summed E-state index contributed by atoms with van der Waals surface area (Å²) in [5, 5.41) is 54.1. The van der Waals surface area contributed by atoms with Gasteiger partial charge in [-0.2, -0.15) is 0 Å². The zero-order valence-electron chi connectivity index (χ0n) is 22.6. The molecule has 10 heteroatoms. The minimum absolute atomic E-state index is 0.0253. The molecule has 1 saturated heterocycles. The molecule has 4 aliphatic carbocycles. The van der Waals surface area contributed by atoms with Gasteiger partial charge in [-0.05, 0) is 75.2 Å². The molecule has 0 bridgehead atoms. The number of cyclic esters (lactones) is 1. The standard InChI is InChI=1S/C29H42O10/c1-14-23(33)24(34)25(35)26(38-14)39-17-5-8-28(13-30)16(10-17)3-4-19-18(28)6-7-27(2)22(15-9-21(32)37-12-15)20(31)11-29(19,27)36/h9,13-14,16-20,22-26,31,33-36H,3-8,10-12H2,1-2H3/t14-,16+,17-,18-,19+,20-,22-,23-,24-,25+,26?,27+,28+,29-/m0/s1. The van der Waals surface area contributed by atoms with Gasteiger partial charge in [0, 0.05) is 29.2 Å². The lowest BCUT2D eigenvalue weighted by molar-refractivity contribution is -0.309. The number of hydrogen-bond donors (Lipinski definition) is 5. The molecule has 2 heterocycles. The number of esters is 1. The summed E-state index contributed by atoms with van der Waals surface area (Å²) in [5.41, 5.74) is -1.64. The summed E-state index contributed by atoms with van der Waals surface area (Å²) >= 11 is 0. The molecule has 6 aliphatic rings. The molecule has 2 aliphatic heterocycles. The van der Waals surface area contributed by atoms with E-state index in [0.717, 1.165) is 31.1 Å². The van der Waals surface area contributed by atoms with Crippen LogP contribution in [0.1, 0.15) is 65.2 Å². The average Bonchev–Trinajstić information content (AvgIpc) is 3.41. The van der Waals surface area contributed by atoms with Gasteiger partial charge >= 0.3 is 5.97 Å². The van der Waals surface area contributed by atoms with Crippen molar-refractivity contribution in [2.24, 2.45) is 34.5 Å². The van der Waals surface area contributed by atoms with Crippen molar-refractivity contribution in [1.29, 1.82) is 0 Å². The van der Waals surface area contributed by atoms with Crippen LogP contribution in [0.3, 0.4) is 0 Å². The van der Waals surface area contributed by atoms with E-state index in [1.807, 2.05) is 6.92 Å². The fourth-order valence-corrected chi connectivity index (χ4v) is 9.82. The van der Waals surface area contributed by atoms with Crippen LogP contribution in [0, 0.1) is 34.5 Å². The predicted octanol–water partition coefficient (Wildman–Crippen LogP) is 0.606. The summed E-state index contributed by atoms with van der Waals surface area (Å²) in [5.74, 6) is -0.892. The molecule has 4 saturated carbocycles. The van der Waals surface area contributed by atoms with Crippen LogP contribution in [-0.4, -0.2) is 92.9 Å². The smallest absolute Gasteiger partial charge is 0.331 e. The third kappa shape index (κ3) is 3.93. The highest BCUT2D eigenvalue weighted by Crippen LogP contribution is 2.69. The minimum Gasteiger partial charge on any atom is -0.458 e. The van der Waals surface area contributed by atoms with Gasteiger partial charge in [-0.15, -0.1) is 0 Å². The molecule has 14 atom stereocenters. The van der Waals surface area contributed by atoms with Crippen molar-refractivity contribution >= 4 is 12.3 Å². The van der Waals surface area contributed by atoms with E-state index in [0.29, 0.717) is 25.7 Å². The molecule has 0 radical (unpaired) electrons. The second kappa shape index (κ2) is 9.58. The molecule has 218 valence electrons. The summed E-state index contributed by atoms with van der Waals surface area (Å²) in [4.78, 5) is 24.7. The third-order valence-corrected chi connectivity index (χ3v) is 11.8. The highest BCUT2D eigenvalue weighted by Gasteiger charge is 2.70. The number of ether oxygens (including phenoxy) is 3. The number of carbonyl (C=O) groups excluding carboxylic acids is 2. The van der Waals surface area contributed by atoms with Crippen LogP contribution in [0.25, 0.3) is 0 Å². The summed E-state index contributed by atoms with van der Waals surface area (Å²) in [6.45, 7) is 3.80. The van der Waals surface area contributed by atoms with Gasteiger partial charge in [-0.3, -0.25) is 0 Å². The Morgan fingerprint density at radius 3 is 2.49 bits per heavy atom. The lowest BCUT2D eigenvalue weighted by Gasteiger charge is -2.63. The SMILES string of the molecule is C[C@@H]1OC(O[C@H]2CC[C@@]3(C=O)[C@H](CC[C@@H]4[C@@H]3CC[C@]3(C)[C@@H](C5=CC(=O)OC5)[C@@H](O)C[C@]43O)C2)[C@H](O)[C@@H](O)[C@H]1O. The van der Waals surface area contributed by atoms with Gasteiger partial charge in [0.25, 0.3) is 0 Å². The van der Waals surface area contributed by atoms with E-state index in [-0.39, 0.29) is 42.8 Å². The Kier molecular flexibility index (Phi) is 6.81. The highest BCUT2D eigenvalue weighted by atomic mass is 16.7. The fourth-order valence-electron chi connectivity index (χ4n) is 9.82. The Hall–Kier alpha value is -1.40. The first-order valence-electron chi connectivity index (χ1n) is 14.5. The van der Waals surface area contributed by atoms with Crippen LogP contribution < -0.4 is 0 Å². The number of hydrogen-bond acceptors (Lipinski definition) is 10. The molecule has 0 aromatic carbocycles.